The Morgan fingerprint density at radius 3 is 2.56 bits per heavy atom. The van der Waals surface area contributed by atoms with E-state index in [-0.39, 0.29) is 12.2 Å². The van der Waals surface area contributed by atoms with Crippen LogP contribution in [0.1, 0.15) is 16.8 Å². The van der Waals surface area contributed by atoms with Crippen LogP contribution in [0.25, 0.3) is 0 Å². The molecule has 1 aliphatic rings. The number of alkyl halides is 2. The molecule has 1 aliphatic carbocycles. The molecule has 1 unspecified atom stereocenters. The van der Waals surface area contributed by atoms with Gasteiger partial charge in [-0.25, -0.2) is 4.39 Å². The lowest BCUT2D eigenvalue weighted by molar-refractivity contribution is 0.103. The lowest BCUT2D eigenvalue weighted by Gasteiger charge is -2.16. The van der Waals surface area contributed by atoms with Gasteiger partial charge < -0.3 is 0 Å². The minimum Gasteiger partial charge on any atom is -0.289 e. The van der Waals surface area contributed by atoms with Gasteiger partial charge in [-0.15, -0.1) is 0 Å². The van der Waals surface area contributed by atoms with E-state index < -0.39 is 3.68 Å². The molecule has 0 bridgehead atoms. The van der Waals surface area contributed by atoms with E-state index in [4.69, 9.17) is 0 Å². The summed E-state index contributed by atoms with van der Waals surface area (Å²) in [5, 5.41) is 0. The normalized spacial score (nSPS) is 24.0. The van der Waals surface area contributed by atoms with Crippen LogP contribution in [-0.4, -0.2) is 9.46 Å². The fourth-order valence-electron chi connectivity index (χ4n) is 1.52. The number of ketones is 1. The van der Waals surface area contributed by atoms with E-state index in [1.54, 1.807) is 46.9 Å². The SMILES string of the molecule is O=C(C1=CCC(F)(I)C=C1)c1ccccc1. The van der Waals surface area contributed by atoms with Crippen molar-refractivity contribution in [2.75, 3.05) is 0 Å². The Morgan fingerprint density at radius 2 is 2.00 bits per heavy atom. The molecular weight excluding hydrogens is 318 g/mol. The summed E-state index contributed by atoms with van der Waals surface area (Å²) in [6, 6.07) is 9.02. The second-order valence-electron chi connectivity index (χ2n) is 3.65. The monoisotopic (exact) mass is 328 g/mol. The third-order valence-corrected chi connectivity index (χ3v) is 3.20. The minimum absolute atomic E-state index is 0.0521. The topological polar surface area (TPSA) is 17.1 Å². The minimum atomic E-state index is -1.35. The number of carbonyl (C=O) groups excluding carboxylic acids is 1. The number of carbonyl (C=O) groups is 1. The Balaban J connectivity index is 2.20. The van der Waals surface area contributed by atoms with Gasteiger partial charge in [0, 0.05) is 17.6 Å². The standard InChI is InChI=1S/C13H10FIO/c14-13(15)8-6-11(7-9-13)12(16)10-4-2-1-3-5-10/h1-8H,9H2. The van der Waals surface area contributed by atoms with Crippen LogP contribution < -0.4 is 0 Å². The molecule has 0 aliphatic heterocycles. The van der Waals surface area contributed by atoms with Gasteiger partial charge in [0.1, 0.15) is 0 Å². The quantitative estimate of drug-likeness (QED) is 0.458. The van der Waals surface area contributed by atoms with Crippen molar-refractivity contribution < 1.29 is 9.18 Å². The second-order valence-corrected chi connectivity index (χ2v) is 5.45. The molecule has 0 fully saturated rings. The third kappa shape index (κ3) is 2.58. The zero-order valence-electron chi connectivity index (χ0n) is 8.49. The van der Waals surface area contributed by atoms with Gasteiger partial charge in [-0.1, -0.05) is 42.5 Å². The van der Waals surface area contributed by atoms with Gasteiger partial charge in [0.15, 0.2) is 9.46 Å². The zero-order valence-corrected chi connectivity index (χ0v) is 10.6. The summed E-state index contributed by atoms with van der Waals surface area (Å²) >= 11 is 1.73. The molecule has 0 spiro atoms. The Hall–Kier alpha value is -0.970. The zero-order chi connectivity index (χ0) is 11.6. The van der Waals surface area contributed by atoms with E-state index >= 15 is 0 Å². The highest BCUT2D eigenvalue weighted by atomic mass is 127. The van der Waals surface area contributed by atoms with Crippen molar-refractivity contribution in [3.8, 4) is 0 Å². The molecule has 1 aromatic carbocycles. The highest BCUT2D eigenvalue weighted by molar-refractivity contribution is 14.1. The first-order valence-corrected chi connectivity index (χ1v) is 6.03. The highest BCUT2D eigenvalue weighted by Gasteiger charge is 2.25. The average molecular weight is 328 g/mol. The van der Waals surface area contributed by atoms with Gasteiger partial charge in [0.25, 0.3) is 0 Å². The second kappa shape index (κ2) is 4.49. The summed E-state index contributed by atoms with van der Waals surface area (Å²) in [5.74, 6) is -0.0521. The lowest BCUT2D eigenvalue weighted by atomic mass is 9.98. The molecule has 16 heavy (non-hydrogen) atoms. The molecule has 1 atom stereocenters. The molecule has 0 heterocycles. The van der Waals surface area contributed by atoms with Crippen molar-refractivity contribution >= 4 is 28.4 Å². The third-order valence-electron chi connectivity index (χ3n) is 2.40. The van der Waals surface area contributed by atoms with Gasteiger partial charge in [-0.2, -0.15) is 0 Å². The van der Waals surface area contributed by atoms with E-state index in [1.165, 1.54) is 6.08 Å². The smallest absolute Gasteiger partial charge is 0.192 e. The summed E-state index contributed by atoms with van der Waals surface area (Å²) in [6.45, 7) is 0. The number of benzene rings is 1. The predicted molar refractivity (Wildman–Crippen MR) is 70.5 cm³/mol. The molecule has 0 saturated carbocycles. The van der Waals surface area contributed by atoms with E-state index in [1.807, 2.05) is 18.2 Å². The van der Waals surface area contributed by atoms with E-state index in [0.717, 1.165) is 0 Å². The maximum Gasteiger partial charge on any atom is 0.192 e. The number of Topliss-reactive ketones (excluding diaryl/α,β-unsaturated/α-hetero) is 1. The van der Waals surface area contributed by atoms with Crippen LogP contribution in [0.4, 0.5) is 4.39 Å². The van der Waals surface area contributed by atoms with Gasteiger partial charge in [0.2, 0.25) is 0 Å². The van der Waals surface area contributed by atoms with Gasteiger partial charge in [0.05, 0.1) is 0 Å². The Kier molecular flexibility index (Phi) is 3.23. The number of halogens is 2. The Bertz CT molecular complexity index is 460. The molecule has 1 nitrogen and oxygen atoms in total. The molecule has 3 heteroatoms. The number of hydrogen-bond donors (Lipinski definition) is 0. The number of rotatable bonds is 2. The van der Waals surface area contributed by atoms with Crippen LogP contribution in [0.5, 0.6) is 0 Å². The van der Waals surface area contributed by atoms with Crippen molar-refractivity contribution in [1.29, 1.82) is 0 Å². The molecule has 0 amide bonds. The van der Waals surface area contributed by atoms with Crippen LogP contribution in [-0.2, 0) is 0 Å². The van der Waals surface area contributed by atoms with Gasteiger partial charge >= 0.3 is 0 Å². The number of hydrogen-bond acceptors (Lipinski definition) is 1. The van der Waals surface area contributed by atoms with Crippen molar-refractivity contribution in [2.24, 2.45) is 0 Å². The Labute approximate surface area is 107 Å². The molecule has 0 radical (unpaired) electrons. The summed E-state index contributed by atoms with van der Waals surface area (Å²) < 4.78 is 12.1. The summed E-state index contributed by atoms with van der Waals surface area (Å²) in [6.07, 6.45) is 4.90. The number of allylic oxidation sites excluding steroid dienone is 4. The maximum atomic E-state index is 13.5. The Morgan fingerprint density at radius 1 is 1.31 bits per heavy atom. The molecule has 0 saturated heterocycles. The molecule has 0 aromatic heterocycles. The molecule has 2 rings (SSSR count). The van der Waals surface area contributed by atoms with Crippen LogP contribution in [0, 0.1) is 0 Å². The molecular formula is C13H10FIO. The van der Waals surface area contributed by atoms with Gasteiger partial charge in [-0.05, 0) is 28.7 Å². The lowest BCUT2D eigenvalue weighted by Crippen LogP contribution is -2.14. The summed E-state index contributed by atoms with van der Waals surface area (Å²) in [4.78, 5) is 12.0. The molecule has 82 valence electrons. The molecule has 0 N–H and O–H groups in total. The highest BCUT2D eigenvalue weighted by Crippen LogP contribution is 2.32. The maximum absolute atomic E-state index is 13.5. The van der Waals surface area contributed by atoms with Crippen LogP contribution in [0.15, 0.2) is 54.1 Å². The summed E-state index contributed by atoms with van der Waals surface area (Å²) in [7, 11) is 0. The van der Waals surface area contributed by atoms with Crippen LogP contribution in [0.3, 0.4) is 0 Å². The average Bonchev–Trinajstić information content (AvgIpc) is 2.29. The van der Waals surface area contributed by atoms with Crippen LogP contribution >= 0.6 is 22.6 Å². The van der Waals surface area contributed by atoms with Crippen molar-refractivity contribution in [3.63, 3.8) is 0 Å². The van der Waals surface area contributed by atoms with Gasteiger partial charge in [-0.3, -0.25) is 4.79 Å². The first-order chi connectivity index (χ1) is 7.58. The fourth-order valence-corrected chi connectivity index (χ4v) is 1.92. The fraction of sp³-hybridized carbons (Fsp3) is 0.154. The summed E-state index contributed by atoms with van der Waals surface area (Å²) in [5.41, 5.74) is 1.20. The first-order valence-electron chi connectivity index (χ1n) is 4.95. The predicted octanol–water partition coefficient (Wildman–Crippen LogP) is 3.86. The van der Waals surface area contributed by atoms with Crippen LogP contribution in [0.2, 0.25) is 0 Å². The van der Waals surface area contributed by atoms with Crippen molar-refractivity contribution in [3.05, 3.63) is 59.7 Å². The van der Waals surface area contributed by atoms with Crippen molar-refractivity contribution in [1.82, 2.24) is 0 Å². The van der Waals surface area contributed by atoms with Crippen molar-refractivity contribution in [2.45, 2.75) is 10.1 Å². The van der Waals surface area contributed by atoms with E-state index in [0.29, 0.717) is 11.1 Å². The first kappa shape index (κ1) is 11.5. The van der Waals surface area contributed by atoms with E-state index in [2.05, 4.69) is 0 Å². The largest absolute Gasteiger partial charge is 0.289 e. The molecule has 1 aromatic rings. The van der Waals surface area contributed by atoms with E-state index in [9.17, 15) is 9.18 Å².